The van der Waals surface area contributed by atoms with E-state index in [0.29, 0.717) is 19.3 Å². The Morgan fingerprint density at radius 2 is 0.850 bits per heavy atom. The Kier molecular flexibility index (Phi) is 46.1. The van der Waals surface area contributed by atoms with Gasteiger partial charge >= 0.3 is 5.97 Å². The van der Waals surface area contributed by atoms with Gasteiger partial charge in [0.15, 0.2) is 0 Å². The van der Waals surface area contributed by atoms with Crippen LogP contribution in [0.15, 0.2) is 48.6 Å². The van der Waals surface area contributed by atoms with Gasteiger partial charge in [0.25, 0.3) is 0 Å². The summed E-state index contributed by atoms with van der Waals surface area (Å²) in [7, 11) is 0. The molecule has 0 saturated heterocycles. The summed E-state index contributed by atoms with van der Waals surface area (Å²) in [5, 5.41) is 23.7. The van der Waals surface area contributed by atoms with Crippen LogP contribution in [0.1, 0.15) is 258 Å². The third-order valence-corrected chi connectivity index (χ3v) is 11.6. The van der Waals surface area contributed by atoms with E-state index >= 15 is 0 Å². The number of hydrogen-bond acceptors (Lipinski definition) is 5. The molecule has 60 heavy (non-hydrogen) atoms. The lowest BCUT2D eigenvalue weighted by atomic mass is 10.0. The van der Waals surface area contributed by atoms with Crippen LogP contribution in [-0.2, 0) is 14.3 Å². The number of aliphatic hydroxyl groups is 2. The van der Waals surface area contributed by atoms with E-state index in [1.165, 1.54) is 122 Å². The van der Waals surface area contributed by atoms with Gasteiger partial charge < -0.3 is 20.3 Å². The molecule has 0 heterocycles. The fraction of sp³-hybridized carbons (Fsp3) is 0.815. The molecule has 0 saturated carbocycles. The second-order valence-electron chi connectivity index (χ2n) is 17.6. The molecule has 0 bridgehead atoms. The summed E-state index contributed by atoms with van der Waals surface area (Å²) >= 11 is 0. The molecule has 0 fully saturated rings. The van der Waals surface area contributed by atoms with Crippen molar-refractivity contribution in [1.29, 1.82) is 0 Å². The van der Waals surface area contributed by atoms with Crippen LogP contribution in [0.4, 0.5) is 0 Å². The number of carbonyl (C=O) groups is 2. The van der Waals surface area contributed by atoms with Crippen molar-refractivity contribution >= 4 is 11.9 Å². The van der Waals surface area contributed by atoms with Crippen molar-refractivity contribution in [2.45, 2.75) is 277 Å². The topological polar surface area (TPSA) is 95.9 Å². The predicted molar refractivity (Wildman–Crippen MR) is 259 cm³/mol. The lowest BCUT2D eigenvalue weighted by molar-refractivity contribution is -0.151. The predicted octanol–water partition coefficient (Wildman–Crippen LogP) is 15.5. The van der Waals surface area contributed by atoms with Gasteiger partial charge in [0.05, 0.1) is 25.2 Å². The normalized spacial score (nSPS) is 13.6. The summed E-state index contributed by atoms with van der Waals surface area (Å²) in [5.74, 6) is -0.511. The molecule has 0 aromatic heterocycles. The quantitative estimate of drug-likeness (QED) is 0.0322. The van der Waals surface area contributed by atoms with Crippen LogP contribution in [0.2, 0.25) is 0 Å². The third-order valence-electron chi connectivity index (χ3n) is 11.6. The van der Waals surface area contributed by atoms with Gasteiger partial charge in [-0.1, -0.05) is 204 Å². The molecule has 3 unspecified atom stereocenters. The van der Waals surface area contributed by atoms with Crippen molar-refractivity contribution in [3.8, 4) is 0 Å². The number of amides is 1. The van der Waals surface area contributed by atoms with Crippen molar-refractivity contribution in [3.05, 3.63) is 48.6 Å². The zero-order valence-corrected chi connectivity index (χ0v) is 39.8. The van der Waals surface area contributed by atoms with Gasteiger partial charge in [-0.05, 0) is 89.9 Å². The summed E-state index contributed by atoms with van der Waals surface area (Å²) in [6.07, 6.45) is 57.4. The first kappa shape index (κ1) is 57.8. The number of ether oxygens (including phenoxy) is 1. The Morgan fingerprint density at radius 1 is 0.483 bits per heavy atom. The average Bonchev–Trinajstić information content (AvgIpc) is 3.24. The Labute approximate surface area is 372 Å². The van der Waals surface area contributed by atoms with Crippen LogP contribution in [-0.4, -0.2) is 46.9 Å². The van der Waals surface area contributed by atoms with Crippen LogP contribution in [0.3, 0.4) is 0 Å². The molecule has 0 aliphatic carbocycles. The fourth-order valence-electron chi connectivity index (χ4n) is 7.67. The Hall–Kier alpha value is -2.18. The molecule has 3 N–H and O–H groups in total. The summed E-state index contributed by atoms with van der Waals surface area (Å²) in [5.41, 5.74) is 0. The van der Waals surface area contributed by atoms with Crippen molar-refractivity contribution in [3.63, 3.8) is 0 Å². The summed E-state index contributed by atoms with van der Waals surface area (Å²) in [6.45, 7) is 6.43. The van der Waals surface area contributed by atoms with Gasteiger partial charge in [-0.3, -0.25) is 9.59 Å². The largest absolute Gasteiger partial charge is 0.462 e. The second-order valence-corrected chi connectivity index (χ2v) is 17.6. The second kappa shape index (κ2) is 47.9. The number of esters is 1. The first-order chi connectivity index (χ1) is 29.5. The molecule has 1 amide bonds. The van der Waals surface area contributed by atoms with E-state index in [0.717, 1.165) is 89.9 Å². The summed E-state index contributed by atoms with van der Waals surface area (Å²) in [6, 6.07) is -0.710. The van der Waals surface area contributed by atoms with Gasteiger partial charge in [0.1, 0.15) is 6.10 Å². The van der Waals surface area contributed by atoms with Crippen LogP contribution in [0, 0.1) is 0 Å². The molecule has 6 nitrogen and oxygen atoms in total. The Bertz CT molecular complexity index is 1040. The highest BCUT2D eigenvalue weighted by Crippen LogP contribution is 2.17. The highest BCUT2D eigenvalue weighted by atomic mass is 16.5. The fourth-order valence-corrected chi connectivity index (χ4v) is 7.67. The number of hydrogen-bond donors (Lipinski definition) is 3. The average molecular weight is 842 g/mol. The molecule has 0 aliphatic heterocycles. The first-order valence-electron chi connectivity index (χ1n) is 25.9. The summed E-state index contributed by atoms with van der Waals surface area (Å²) in [4.78, 5) is 26.1. The SMILES string of the molecule is CCCCC/C=C\C/C=C\C/C=C\CCCCCCC(CC(=O)NC(CO)C(O)CCCCCCCCCCCC)OC(=O)CCCCC/C=C\CCCCCCCCC. The number of unbranched alkanes of at least 4 members (excludes halogenated alkanes) is 26. The first-order valence-corrected chi connectivity index (χ1v) is 25.9. The molecular formula is C54H99NO5. The smallest absolute Gasteiger partial charge is 0.306 e. The van der Waals surface area contributed by atoms with Gasteiger partial charge in [0.2, 0.25) is 5.91 Å². The van der Waals surface area contributed by atoms with E-state index in [1.807, 2.05) is 0 Å². The minimum absolute atomic E-state index is 0.0572. The van der Waals surface area contributed by atoms with Gasteiger partial charge in [-0.15, -0.1) is 0 Å². The standard InChI is InChI=1S/C54H99NO5/c1-4-7-10-13-16-19-22-24-26-27-28-29-31-33-36-39-42-45-50(60-54(59)47-44-41-38-35-32-30-25-23-20-17-14-11-8-5-2)48-53(58)55-51(49-56)52(57)46-43-40-37-34-21-18-15-12-9-6-3/h16,19,24,26,28-30,32,50-52,56-57H,4-15,17-18,20-23,25,27,31,33-49H2,1-3H3,(H,55,58)/b19-16-,26-24-,29-28-,32-30-. The van der Waals surface area contributed by atoms with Crippen LogP contribution < -0.4 is 5.32 Å². The minimum Gasteiger partial charge on any atom is -0.462 e. The van der Waals surface area contributed by atoms with Crippen LogP contribution in [0.5, 0.6) is 0 Å². The maximum Gasteiger partial charge on any atom is 0.306 e. The van der Waals surface area contributed by atoms with E-state index in [9.17, 15) is 19.8 Å². The van der Waals surface area contributed by atoms with Crippen LogP contribution >= 0.6 is 0 Å². The minimum atomic E-state index is -0.795. The van der Waals surface area contributed by atoms with Crippen LogP contribution in [0.25, 0.3) is 0 Å². The van der Waals surface area contributed by atoms with E-state index < -0.39 is 18.2 Å². The third kappa shape index (κ3) is 42.5. The van der Waals surface area contributed by atoms with Gasteiger partial charge in [-0.25, -0.2) is 0 Å². The number of aliphatic hydroxyl groups excluding tert-OH is 2. The summed E-state index contributed by atoms with van der Waals surface area (Å²) < 4.78 is 5.92. The van der Waals surface area contributed by atoms with Gasteiger partial charge in [0, 0.05) is 6.42 Å². The number of carbonyl (C=O) groups excluding carboxylic acids is 2. The highest BCUT2D eigenvalue weighted by molar-refractivity contribution is 5.77. The van der Waals surface area contributed by atoms with Crippen molar-refractivity contribution < 1.29 is 24.5 Å². The molecule has 0 aromatic carbocycles. The lowest BCUT2D eigenvalue weighted by Crippen LogP contribution is -2.46. The zero-order valence-electron chi connectivity index (χ0n) is 39.8. The lowest BCUT2D eigenvalue weighted by Gasteiger charge is -2.24. The van der Waals surface area contributed by atoms with E-state index in [1.54, 1.807) is 0 Å². The zero-order chi connectivity index (χ0) is 43.8. The van der Waals surface area contributed by atoms with E-state index in [-0.39, 0.29) is 24.9 Å². The Balaban J connectivity index is 4.66. The van der Waals surface area contributed by atoms with Gasteiger partial charge in [-0.2, -0.15) is 0 Å². The number of allylic oxidation sites excluding steroid dienone is 8. The molecule has 0 spiro atoms. The molecule has 6 heteroatoms. The molecule has 350 valence electrons. The molecule has 0 aromatic rings. The molecule has 3 atom stereocenters. The number of nitrogens with one attached hydrogen (secondary N) is 1. The van der Waals surface area contributed by atoms with Crippen molar-refractivity contribution in [1.82, 2.24) is 5.32 Å². The number of rotatable bonds is 46. The molecule has 0 aliphatic rings. The highest BCUT2D eigenvalue weighted by Gasteiger charge is 2.24. The Morgan fingerprint density at radius 3 is 1.33 bits per heavy atom. The molecule has 0 rings (SSSR count). The van der Waals surface area contributed by atoms with Crippen molar-refractivity contribution in [2.75, 3.05) is 6.61 Å². The maximum atomic E-state index is 13.2. The maximum absolute atomic E-state index is 13.2. The van der Waals surface area contributed by atoms with Crippen molar-refractivity contribution in [2.24, 2.45) is 0 Å². The monoisotopic (exact) mass is 842 g/mol. The molecule has 0 radical (unpaired) electrons. The van der Waals surface area contributed by atoms with E-state index in [4.69, 9.17) is 4.74 Å². The van der Waals surface area contributed by atoms with E-state index in [2.05, 4.69) is 74.7 Å². The molecular weight excluding hydrogens is 743 g/mol.